The van der Waals surface area contributed by atoms with E-state index in [-0.39, 0.29) is 0 Å². The summed E-state index contributed by atoms with van der Waals surface area (Å²) < 4.78 is 5.75. The number of nitrogen functional groups attached to an aromatic ring is 1. The van der Waals surface area contributed by atoms with Gasteiger partial charge in [-0.1, -0.05) is 29.3 Å². The number of aromatic nitrogens is 1. The van der Waals surface area contributed by atoms with Crippen molar-refractivity contribution in [2.75, 3.05) is 5.73 Å². The summed E-state index contributed by atoms with van der Waals surface area (Å²) in [5.74, 6) is 0.658. The van der Waals surface area contributed by atoms with Gasteiger partial charge in [0.2, 0.25) is 0 Å². The lowest BCUT2D eigenvalue weighted by atomic mass is 10.1. The van der Waals surface area contributed by atoms with Crippen LogP contribution in [0.2, 0.25) is 10.0 Å². The number of halogens is 2. The van der Waals surface area contributed by atoms with Gasteiger partial charge in [-0.05, 0) is 30.3 Å². The highest BCUT2D eigenvalue weighted by Gasteiger charge is 2.06. The van der Waals surface area contributed by atoms with Crippen LogP contribution in [0.1, 0.15) is 5.56 Å². The van der Waals surface area contributed by atoms with E-state index in [1.54, 1.807) is 24.4 Å². The largest absolute Gasteiger partial charge is 0.489 e. The van der Waals surface area contributed by atoms with Crippen molar-refractivity contribution in [1.82, 2.24) is 4.98 Å². The molecule has 0 atom stereocenters. The zero-order chi connectivity index (χ0) is 14.8. The maximum Gasteiger partial charge on any atom is 0.121 e. The molecule has 3 nitrogen and oxygen atoms in total. The van der Waals surface area contributed by atoms with Crippen molar-refractivity contribution in [1.29, 1.82) is 0 Å². The van der Waals surface area contributed by atoms with E-state index in [0.717, 1.165) is 16.5 Å². The van der Waals surface area contributed by atoms with Gasteiger partial charge >= 0.3 is 0 Å². The third kappa shape index (κ3) is 2.89. The Kier molecular flexibility index (Phi) is 3.86. The number of ether oxygens (including phenoxy) is 1. The summed E-state index contributed by atoms with van der Waals surface area (Å²) in [5, 5.41) is 1.89. The lowest BCUT2D eigenvalue weighted by Crippen LogP contribution is -1.99. The fourth-order valence-electron chi connectivity index (χ4n) is 2.10. The molecule has 2 aromatic carbocycles. The fraction of sp³-hybridized carbons (Fsp3) is 0.0625. The fourth-order valence-corrected chi connectivity index (χ4v) is 2.39. The molecule has 3 aromatic rings. The van der Waals surface area contributed by atoms with Gasteiger partial charge < -0.3 is 10.5 Å². The minimum atomic E-state index is 0.381. The second kappa shape index (κ2) is 5.80. The second-order valence-electron chi connectivity index (χ2n) is 4.58. The molecule has 0 unspecified atom stereocenters. The number of benzene rings is 2. The maximum absolute atomic E-state index is 5.97. The van der Waals surface area contributed by atoms with Gasteiger partial charge in [0, 0.05) is 28.9 Å². The zero-order valence-corrected chi connectivity index (χ0v) is 12.5. The van der Waals surface area contributed by atoms with Crippen LogP contribution in [0.25, 0.3) is 10.9 Å². The number of nitrogens with two attached hydrogens (primary N) is 1. The van der Waals surface area contributed by atoms with E-state index in [4.69, 9.17) is 33.7 Å². The first-order valence-electron chi connectivity index (χ1n) is 6.35. The molecule has 0 aliphatic carbocycles. The highest BCUT2D eigenvalue weighted by molar-refractivity contribution is 6.42. The van der Waals surface area contributed by atoms with Gasteiger partial charge in [0.25, 0.3) is 0 Å². The topological polar surface area (TPSA) is 48.1 Å². The Balaban J connectivity index is 1.88. The van der Waals surface area contributed by atoms with Crippen molar-refractivity contribution in [3.63, 3.8) is 0 Å². The molecule has 0 radical (unpaired) electrons. The van der Waals surface area contributed by atoms with Crippen LogP contribution in [0.3, 0.4) is 0 Å². The number of hydrogen-bond donors (Lipinski definition) is 1. The van der Waals surface area contributed by atoms with Crippen LogP contribution < -0.4 is 10.5 Å². The lowest BCUT2D eigenvalue weighted by Gasteiger charge is -2.10. The predicted molar refractivity (Wildman–Crippen MR) is 86.9 cm³/mol. The first-order valence-corrected chi connectivity index (χ1v) is 7.10. The molecule has 0 amide bonds. The molecule has 0 aliphatic heterocycles. The molecule has 0 bridgehead atoms. The van der Waals surface area contributed by atoms with Gasteiger partial charge in [0.1, 0.15) is 12.4 Å². The first kappa shape index (κ1) is 14.0. The van der Waals surface area contributed by atoms with Gasteiger partial charge in [0.15, 0.2) is 0 Å². The minimum Gasteiger partial charge on any atom is -0.489 e. The van der Waals surface area contributed by atoms with E-state index in [1.165, 1.54) is 0 Å². The molecular formula is C16H12Cl2N2O. The van der Waals surface area contributed by atoms with Crippen molar-refractivity contribution in [2.24, 2.45) is 0 Å². The van der Waals surface area contributed by atoms with Crippen LogP contribution >= 0.6 is 23.2 Å². The van der Waals surface area contributed by atoms with Crippen LogP contribution in [-0.4, -0.2) is 4.98 Å². The number of hydrogen-bond acceptors (Lipinski definition) is 3. The normalized spacial score (nSPS) is 10.8. The number of anilines is 1. The average Bonchev–Trinajstić information content (AvgIpc) is 2.50. The van der Waals surface area contributed by atoms with Crippen molar-refractivity contribution in [3.8, 4) is 5.75 Å². The van der Waals surface area contributed by atoms with Gasteiger partial charge in [-0.15, -0.1) is 0 Å². The Morgan fingerprint density at radius 1 is 1.05 bits per heavy atom. The Hall–Kier alpha value is -1.97. The molecule has 0 saturated carbocycles. The quantitative estimate of drug-likeness (QED) is 0.712. The summed E-state index contributed by atoms with van der Waals surface area (Å²) >= 11 is 11.9. The van der Waals surface area contributed by atoms with E-state index in [0.29, 0.717) is 28.1 Å². The molecule has 106 valence electrons. The summed E-state index contributed by atoms with van der Waals surface area (Å²) in [5.41, 5.74) is 8.47. The minimum absolute atomic E-state index is 0.381. The van der Waals surface area contributed by atoms with Crippen molar-refractivity contribution in [3.05, 3.63) is 64.3 Å². The number of fused-ring (bicyclic) bond motifs is 1. The first-order chi connectivity index (χ1) is 10.1. The second-order valence-corrected chi connectivity index (χ2v) is 5.39. The Morgan fingerprint density at radius 2 is 1.90 bits per heavy atom. The Bertz CT molecular complexity index is 805. The lowest BCUT2D eigenvalue weighted by molar-refractivity contribution is 0.307. The number of rotatable bonds is 3. The molecule has 3 rings (SSSR count). The SMILES string of the molecule is Nc1ccc(COc2ccc(Cl)c(Cl)c2)c2ncccc12. The van der Waals surface area contributed by atoms with E-state index in [1.807, 2.05) is 24.3 Å². The van der Waals surface area contributed by atoms with Crippen molar-refractivity contribution in [2.45, 2.75) is 6.61 Å². The molecule has 0 aliphatic rings. The monoisotopic (exact) mass is 318 g/mol. The Morgan fingerprint density at radius 3 is 2.71 bits per heavy atom. The van der Waals surface area contributed by atoms with Crippen LogP contribution in [0, 0.1) is 0 Å². The molecular weight excluding hydrogens is 307 g/mol. The molecule has 0 saturated heterocycles. The average molecular weight is 319 g/mol. The third-order valence-corrected chi connectivity index (χ3v) is 3.91. The van der Waals surface area contributed by atoms with E-state index < -0.39 is 0 Å². The zero-order valence-electron chi connectivity index (χ0n) is 11.0. The summed E-state index contributed by atoms with van der Waals surface area (Å²) in [6.45, 7) is 0.381. The van der Waals surface area contributed by atoms with E-state index in [2.05, 4.69) is 4.98 Å². The molecule has 5 heteroatoms. The molecule has 2 N–H and O–H groups in total. The summed E-state index contributed by atoms with van der Waals surface area (Å²) in [4.78, 5) is 4.38. The molecule has 1 aromatic heterocycles. The van der Waals surface area contributed by atoms with Crippen molar-refractivity contribution >= 4 is 39.8 Å². The summed E-state index contributed by atoms with van der Waals surface area (Å²) in [6.07, 6.45) is 1.74. The standard InChI is InChI=1S/C16H12Cl2N2O/c17-13-5-4-11(8-14(13)18)21-9-10-3-6-15(19)12-2-1-7-20-16(10)12/h1-8H,9,19H2. The highest BCUT2D eigenvalue weighted by atomic mass is 35.5. The van der Waals surface area contributed by atoms with Crippen LogP contribution in [-0.2, 0) is 6.61 Å². The Labute approximate surface area is 132 Å². The molecule has 0 fully saturated rings. The predicted octanol–water partition coefficient (Wildman–Crippen LogP) is 4.70. The highest BCUT2D eigenvalue weighted by Crippen LogP contribution is 2.28. The van der Waals surface area contributed by atoms with Crippen molar-refractivity contribution < 1.29 is 4.74 Å². The van der Waals surface area contributed by atoms with Crippen LogP contribution in [0.5, 0.6) is 5.75 Å². The summed E-state index contributed by atoms with van der Waals surface area (Å²) in [6, 6.07) is 12.8. The van der Waals surface area contributed by atoms with E-state index >= 15 is 0 Å². The van der Waals surface area contributed by atoms with Gasteiger partial charge in [-0.3, -0.25) is 4.98 Å². The molecule has 1 heterocycles. The van der Waals surface area contributed by atoms with E-state index in [9.17, 15) is 0 Å². The van der Waals surface area contributed by atoms with Gasteiger partial charge in [-0.2, -0.15) is 0 Å². The maximum atomic E-state index is 5.97. The van der Waals surface area contributed by atoms with Gasteiger partial charge in [-0.25, -0.2) is 0 Å². The molecule has 0 spiro atoms. The number of nitrogens with zero attached hydrogens (tertiary/aromatic N) is 1. The van der Waals surface area contributed by atoms with Gasteiger partial charge in [0.05, 0.1) is 15.6 Å². The molecule has 21 heavy (non-hydrogen) atoms. The number of pyridine rings is 1. The smallest absolute Gasteiger partial charge is 0.121 e. The van der Waals surface area contributed by atoms with Crippen LogP contribution in [0.15, 0.2) is 48.7 Å². The van der Waals surface area contributed by atoms with Crippen LogP contribution in [0.4, 0.5) is 5.69 Å². The summed E-state index contributed by atoms with van der Waals surface area (Å²) in [7, 11) is 0. The third-order valence-electron chi connectivity index (χ3n) is 3.17.